The summed E-state index contributed by atoms with van der Waals surface area (Å²) in [6, 6.07) is 0. The number of nitrogens with zero attached hydrogens (tertiary/aromatic N) is 1. The molecule has 0 saturated carbocycles. The highest BCUT2D eigenvalue weighted by Crippen LogP contribution is 2.20. The average molecular weight is 177 g/mol. The fourth-order valence-electron chi connectivity index (χ4n) is 0.822. The van der Waals surface area contributed by atoms with Gasteiger partial charge in [-0.2, -0.15) is 0 Å². The Hall–Kier alpha value is -0.740. The molecule has 0 amide bonds. The molecular weight excluding hydrogens is 168 g/mol. The molecule has 0 aromatic rings. The van der Waals surface area contributed by atoms with Crippen LogP contribution in [0.25, 0.3) is 0 Å². The van der Waals surface area contributed by atoms with Gasteiger partial charge in [-0.15, -0.1) is 0 Å². The van der Waals surface area contributed by atoms with Crippen LogP contribution in [0.2, 0.25) is 0 Å². The first-order valence-corrected chi connectivity index (χ1v) is 3.47. The first-order chi connectivity index (χ1) is 4.95. The Labute approximate surface area is 69.4 Å². The zero-order chi connectivity index (χ0) is 8.65. The minimum atomic E-state index is -1.21. The Morgan fingerprint density at radius 1 is 1.91 bits per heavy atom. The molecule has 1 aliphatic rings. The maximum atomic E-state index is 10.6. The third-order valence-electron chi connectivity index (χ3n) is 1.70. The van der Waals surface area contributed by atoms with Gasteiger partial charge in [0.05, 0.1) is 0 Å². The van der Waals surface area contributed by atoms with Crippen molar-refractivity contribution in [1.82, 2.24) is 10.2 Å². The monoisotopic (exact) mass is 176 g/mol. The summed E-state index contributed by atoms with van der Waals surface area (Å²) in [6.07, 6.45) is 1.38. The number of nitrogens with one attached hydrogen (secondary N) is 1. The van der Waals surface area contributed by atoms with E-state index in [1.165, 1.54) is 18.0 Å². The molecule has 1 atom stereocenters. The second-order valence-electron chi connectivity index (χ2n) is 2.53. The molecule has 1 unspecified atom stereocenters. The van der Waals surface area contributed by atoms with Crippen molar-refractivity contribution in [2.75, 3.05) is 7.05 Å². The smallest absolute Gasteiger partial charge is 0.270 e. The van der Waals surface area contributed by atoms with E-state index in [0.717, 1.165) is 0 Å². The van der Waals surface area contributed by atoms with Gasteiger partial charge >= 0.3 is 0 Å². The number of hydrogen-bond acceptors (Lipinski definition) is 4. The van der Waals surface area contributed by atoms with Crippen molar-refractivity contribution in [2.45, 2.75) is 12.8 Å². The maximum absolute atomic E-state index is 10.6. The summed E-state index contributed by atoms with van der Waals surface area (Å²) in [4.78, 5) is 12.0. The number of allylic oxidation sites excluding steroid dienone is 1. The molecule has 2 N–H and O–H groups in total. The normalized spacial score (nSPS) is 29.8. The predicted octanol–water partition coefficient (Wildman–Crippen LogP) is -0.206. The van der Waals surface area contributed by atoms with Crippen molar-refractivity contribution in [3.05, 3.63) is 11.9 Å². The highest BCUT2D eigenvalue weighted by atomic mass is 35.5. The lowest BCUT2D eigenvalue weighted by Crippen LogP contribution is -2.47. The van der Waals surface area contributed by atoms with Gasteiger partial charge in [0.1, 0.15) is 5.70 Å². The summed E-state index contributed by atoms with van der Waals surface area (Å²) in [6.45, 7) is 1.52. The lowest BCUT2D eigenvalue weighted by atomic mass is 10.4. The molecule has 1 aliphatic heterocycles. The van der Waals surface area contributed by atoms with Crippen LogP contribution >= 0.6 is 11.6 Å². The molecule has 0 bridgehead atoms. The van der Waals surface area contributed by atoms with Crippen molar-refractivity contribution < 1.29 is 9.90 Å². The molecule has 0 radical (unpaired) electrons. The minimum absolute atomic E-state index is 0.261. The van der Waals surface area contributed by atoms with Crippen LogP contribution in [0.1, 0.15) is 6.92 Å². The number of carbonyl (C=O) groups is 1. The third-order valence-corrected chi connectivity index (χ3v) is 1.89. The van der Waals surface area contributed by atoms with E-state index in [1.54, 1.807) is 7.05 Å². The zero-order valence-electron chi connectivity index (χ0n) is 6.26. The van der Waals surface area contributed by atoms with Gasteiger partial charge in [-0.25, -0.2) is 0 Å². The van der Waals surface area contributed by atoms with Crippen LogP contribution in [0, 0.1) is 0 Å². The van der Waals surface area contributed by atoms with E-state index in [1.807, 2.05) is 0 Å². The van der Waals surface area contributed by atoms with Crippen LogP contribution < -0.4 is 5.32 Å². The Morgan fingerprint density at radius 2 is 2.45 bits per heavy atom. The number of likely N-dealkylation sites (N-methyl/N-ethyl adjacent to an activating group) is 1. The predicted molar refractivity (Wildman–Crippen MR) is 40.5 cm³/mol. The van der Waals surface area contributed by atoms with Gasteiger partial charge in [0.15, 0.2) is 0 Å². The molecule has 0 aromatic heterocycles. The van der Waals surface area contributed by atoms with E-state index in [9.17, 15) is 9.90 Å². The summed E-state index contributed by atoms with van der Waals surface area (Å²) in [7, 11) is 1.58. The maximum Gasteiger partial charge on any atom is 0.270 e. The Morgan fingerprint density at radius 3 is 2.64 bits per heavy atom. The number of aliphatic hydroxyl groups is 1. The molecule has 5 heteroatoms. The van der Waals surface area contributed by atoms with Crippen molar-refractivity contribution >= 4 is 16.8 Å². The average Bonchev–Trinajstić information content (AvgIpc) is 2.09. The van der Waals surface area contributed by atoms with E-state index in [4.69, 9.17) is 11.6 Å². The summed E-state index contributed by atoms with van der Waals surface area (Å²) in [5, 5.41) is 11.4. The second kappa shape index (κ2) is 2.39. The summed E-state index contributed by atoms with van der Waals surface area (Å²) >= 11 is 5.21. The molecule has 0 fully saturated rings. The largest absolute Gasteiger partial charge is 0.354 e. The molecule has 1 rings (SSSR count). The van der Waals surface area contributed by atoms with Crippen LogP contribution in [0.5, 0.6) is 0 Å². The van der Waals surface area contributed by atoms with Gasteiger partial charge in [-0.05, 0) is 11.6 Å². The van der Waals surface area contributed by atoms with Crippen molar-refractivity contribution in [3.63, 3.8) is 0 Å². The van der Waals surface area contributed by atoms with Crippen LogP contribution in [0.4, 0.5) is 0 Å². The van der Waals surface area contributed by atoms with E-state index >= 15 is 0 Å². The van der Waals surface area contributed by atoms with Crippen LogP contribution in [0.3, 0.4) is 0 Å². The van der Waals surface area contributed by atoms with Crippen molar-refractivity contribution in [3.8, 4) is 0 Å². The van der Waals surface area contributed by atoms with Crippen LogP contribution in [-0.4, -0.2) is 28.1 Å². The summed E-state index contributed by atoms with van der Waals surface area (Å²) in [5.74, 6) is -1.21. The Bertz CT molecular complexity index is 225. The molecule has 0 aliphatic carbocycles. The Kier molecular flexibility index (Phi) is 1.82. The minimum Gasteiger partial charge on any atom is -0.354 e. The topological polar surface area (TPSA) is 52.6 Å². The van der Waals surface area contributed by atoms with Gasteiger partial charge < -0.3 is 15.3 Å². The molecule has 11 heavy (non-hydrogen) atoms. The quantitative estimate of drug-likeness (QED) is 0.543. The first-order valence-electron chi connectivity index (χ1n) is 3.09. The number of rotatable bonds is 1. The molecule has 0 saturated heterocycles. The van der Waals surface area contributed by atoms with E-state index in [0.29, 0.717) is 0 Å². The number of hydrogen-bond donors (Lipinski definition) is 2. The summed E-state index contributed by atoms with van der Waals surface area (Å²) in [5.41, 5.74) is 0.261. The molecule has 0 spiro atoms. The molecule has 1 heterocycles. The highest BCUT2D eigenvalue weighted by molar-refractivity contribution is 6.67. The van der Waals surface area contributed by atoms with Gasteiger partial charge in [0, 0.05) is 20.2 Å². The Balaban J connectivity index is 2.83. The molecule has 0 aromatic carbocycles. The van der Waals surface area contributed by atoms with E-state index in [2.05, 4.69) is 5.32 Å². The zero-order valence-corrected chi connectivity index (χ0v) is 7.01. The van der Waals surface area contributed by atoms with E-state index < -0.39 is 11.1 Å². The van der Waals surface area contributed by atoms with Gasteiger partial charge in [0.2, 0.25) is 5.85 Å². The van der Waals surface area contributed by atoms with Crippen molar-refractivity contribution in [1.29, 1.82) is 0 Å². The molecule has 4 nitrogen and oxygen atoms in total. The third kappa shape index (κ3) is 1.32. The fourth-order valence-corrected chi connectivity index (χ4v) is 1.00. The van der Waals surface area contributed by atoms with Crippen LogP contribution in [-0.2, 0) is 4.79 Å². The lowest BCUT2D eigenvalue weighted by molar-refractivity contribution is -0.114. The van der Waals surface area contributed by atoms with Gasteiger partial charge in [-0.1, -0.05) is 0 Å². The standard InChI is InChI=1S/C6H9ClN2O2/c1-6(11)8-3-4(5(7)10)9(6)2/h3,8,11H,1-2H3. The lowest BCUT2D eigenvalue weighted by Gasteiger charge is -2.28. The van der Waals surface area contributed by atoms with Gasteiger partial charge in [0.25, 0.3) is 5.24 Å². The summed E-state index contributed by atoms with van der Waals surface area (Å²) < 4.78 is 0. The molecule has 62 valence electrons. The fraction of sp³-hybridized carbons (Fsp3) is 0.500. The van der Waals surface area contributed by atoms with E-state index in [-0.39, 0.29) is 5.70 Å². The number of carbonyl (C=O) groups excluding carboxylic acids is 1. The van der Waals surface area contributed by atoms with Gasteiger partial charge in [-0.3, -0.25) is 4.79 Å². The first kappa shape index (κ1) is 8.36. The highest BCUT2D eigenvalue weighted by Gasteiger charge is 2.34. The van der Waals surface area contributed by atoms with Crippen LogP contribution in [0.15, 0.2) is 11.9 Å². The SMILES string of the molecule is CN1C(C(=O)Cl)=CNC1(C)O. The molecular formula is C6H9ClN2O2. The number of halogens is 1. The second-order valence-corrected chi connectivity index (χ2v) is 2.87. The van der Waals surface area contributed by atoms with Crippen molar-refractivity contribution in [2.24, 2.45) is 0 Å².